The number of amides is 6. The van der Waals surface area contributed by atoms with Crippen LogP contribution in [0.4, 0.5) is 5.69 Å². The number of rotatable bonds is 19. The molecule has 1 heterocycles. The molecule has 0 spiro atoms. The smallest absolute Gasteiger partial charge is 0.246 e. The Bertz CT molecular complexity index is 2610. The van der Waals surface area contributed by atoms with E-state index in [4.69, 9.17) is 0 Å². The fourth-order valence-electron chi connectivity index (χ4n) is 11.2. The molecule has 2 aromatic rings. The second kappa shape index (κ2) is 27.0. The molecule has 424 valence electrons. The summed E-state index contributed by atoms with van der Waals surface area (Å²) in [5, 5.41) is 25.0. The van der Waals surface area contributed by atoms with Crippen LogP contribution in [0.15, 0.2) is 91.2 Å². The molecule has 6 rings (SSSR count). The summed E-state index contributed by atoms with van der Waals surface area (Å²) in [6, 6.07) is 9.52. The topological polar surface area (TPSA) is 219 Å². The maximum absolute atomic E-state index is 14.9. The third-order valence-corrected chi connectivity index (χ3v) is 16.2. The van der Waals surface area contributed by atoms with Crippen molar-refractivity contribution in [3.05, 3.63) is 113 Å². The molecule has 8 N–H and O–H groups in total. The second-order valence-electron chi connectivity index (χ2n) is 24.3. The number of hydrogen-bond donors (Lipinski definition) is 8. The number of benzene rings is 2. The Morgan fingerprint density at radius 3 is 2.09 bits per heavy atom. The van der Waals surface area contributed by atoms with Crippen molar-refractivity contribution in [1.29, 1.82) is 0 Å². The molecule has 4 aliphatic rings. The first-order valence-corrected chi connectivity index (χ1v) is 28.2. The van der Waals surface area contributed by atoms with Crippen molar-refractivity contribution in [3.63, 3.8) is 0 Å². The highest BCUT2D eigenvalue weighted by atomic mass is 16.2. The Hall–Kier alpha value is -6.39. The van der Waals surface area contributed by atoms with Crippen molar-refractivity contribution in [2.45, 2.75) is 187 Å². The van der Waals surface area contributed by atoms with Gasteiger partial charge in [0.25, 0.3) is 0 Å². The number of fused-ring (bicyclic) bond motifs is 2. The van der Waals surface area contributed by atoms with E-state index in [-0.39, 0.29) is 86.2 Å². The molecule has 78 heavy (non-hydrogen) atoms. The summed E-state index contributed by atoms with van der Waals surface area (Å²) in [7, 11) is 3.49. The van der Waals surface area contributed by atoms with Gasteiger partial charge in [0, 0.05) is 67.2 Å². The maximum Gasteiger partial charge on any atom is 0.246 e. The zero-order valence-corrected chi connectivity index (χ0v) is 48.0. The first kappa shape index (κ1) is 60.8. The molecule has 1 fully saturated rings. The van der Waals surface area contributed by atoms with Crippen molar-refractivity contribution in [2.24, 2.45) is 22.7 Å². The minimum atomic E-state index is -0.960. The molecule has 1 saturated carbocycles. The van der Waals surface area contributed by atoms with Gasteiger partial charge in [-0.05, 0) is 131 Å². The number of nitrogens with one attached hydrogen (secondary N) is 8. The molecule has 16 nitrogen and oxygen atoms in total. The summed E-state index contributed by atoms with van der Waals surface area (Å²) < 4.78 is 0. The average Bonchev–Trinajstić information content (AvgIpc) is 3.82. The summed E-state index contributed by atoms with van der Waals surface area (Å²) in [5.74, 6) is -3.51. The van der Waals surface area contributed by atoms with Gasteiger partial charge < -0.3 is 47.4 Å². The molecule has 0 radical (unpaired) electrons. The van der Waals surface area contributed by atoms with E-state index in [1.807, 2.05) is 104 Å². The van der Waals surface area contributed by atoms with E-state index >= 15 is 0 Å². The minimum Gasteiger partial charge on any atom is -0.377 e. The quantitative estimate of drug-likeness (QED) is 0.0726. The molecule has 1 aliphatic heterocycles. The number of allylic oxidation sites excluding steroid dienone is 4. The first-order valence-electron chi connectivity index (χ1n) is 28.2. The highest BCUT2D eigenvalue weighted by Crippen LogP contribution is 2.38. The Balaban J connectivity index is 1.15. The SMILES string of the molecule is C=C1/C=C\C=C/C[C@H](NC(=O)[C@@H]2C[C@H](NC(=O)CCC(=O)Nc3ccc4c(c3)CN(C(=O)[C@@H](NC(=O)[C@H](C)NC)C(C)(C)C)[C@H](C(=O)N[C@@H]3CCCc5ccccc53)C4)CC2C(=O)[C@@H](NC(=C)[C@H](C)NC)C(C)(C)C)CCC1. The van der Waals surface area contributed by atoms with Crippen LogP contribution in [-0.4, -0.2) is 103 Å². The molecule has 10 atom stereocenters. The summed E-state index contributed by atoms with van der Waals surface area (Å²) in [5.41, 5.74) is 4.75. The predicted octanol–water partition coefficient (Wildman–Crippen LogP) is 6.92. The molecule has 6 amide bonds. The van der Waals surface area contributed by atoms with Gasteiger partial charge in [-0.1, -0.05) is 115 Å². The van der Waals surface area contributed by atoms with E-state index in [0.717, 1.165) is 60.8 Å². The van der Waals surface area contributed by atoms with Crippen LogP contribution in [0.5, 0.6) is 0 Å². The predicted molar refractivity (Wildman–Crippen MR) is 308 cm³/mol. The van der Waals surface area contributed by atoms with Crippen molar-refractivity contribution in [2.75, 3.05) is 19.4 Å². The molecule has 2 aromatic carbocycles. The number of aryl methyl sites for hydroxylation is 1. The Labute approximate surface area is 463 Å². The van der Waals surface area contributed by atoms with E-state index in [9.17, 15) is 33.6 Å². The molecular weight excluding hydrogens is 983 g/mol. The fraction of sp³-hybridized carbons (Fsp3) is 0.565. The molecule has 3 aliphatic carbocycles. The number of Topliss-reactive ketones (excluding diaryl/α,β-unsaturated/α-hetero) is 1. The highest BCUT2D eigenvalue weighted by Gasteiger charge is 2.48. The number of anilines is 1. The molecule has 0 saturated heterocycles. The summed E-state index contributed by atoms with van der Waals surface area (Å²) in [6.45, 7) is 23.6. The Morgan fingerprint density at radius 2 is 1.38 bits per heavy atom. The van der Waals surface area contributed by atoms with Crippen LogP contribution in [0, 0.1) is 22.7 Å². The van der Waals surface area contributed by atoms with Crippen LogP contribution in [0.1, 0.15) is 148 Å². The molecule has 0 aromatic heterocycles. The highest BCUT2D eigenvalue weighted by molar-refractivity contribution is 5.96. The van der Waals surface area contributed by atoms with E-state index in [1.54, 1.807) is 31.0 Å². The third-order valence-electron chi connectivity index (χ3n) is 16.2. The zero-order valence-electron chi connectivity index (χ0n) is 48.0. The van der Waals surface area contributed by atoms with Gasteiger partial charge in [0.1, 0.15) is 12.1 Å². The lowest BCUT2D eigenvalue weighted by atomic mass is 9.77. The van der Waals surface area contributed by atoms with E-state index < -0.39 is 64.7 Å². The molecular formula is C62H89N9O7. The Morgan fingerprint density at radius 1 is 0.705 bits per heavy atom. The Kier molecular flexibility index (Phi) is 21.0. The fourth-order valence-corrected chi connectivity index (χ4v) is 11.2. The van der Waals surface area contributed by atoms with Gasteiger partial charge in [-0.25, -0.2) is 0 Å². The van der Waals surface area contributed by atoms with E-state index in [1.165, 1.54) is 5.56 Å². The lowest BCUT2D eigenvalue weighted by molar-refractivity contribution is -0.147. The lowest BCUT2D eigenvalue weighted by Crippen LogP contribution is -2.62. The zero-order chi connectivity index (χ0) is 57.1. The number of hydrogen-bond acceptors (Lipinski definition) is 10. The van der Waals surface area contributed by atoms with E-state index in [0.29, 0.717) is 17.8 Å². The molecule has 1 unspecified atom stereocenters. The van der Waals surface area contributed by atoms with Crippen LogP contribution in [0.25, 0.3) is 0 Å². The van der Waals surface area contributed by atoms with Crippen molar-refractivity contribution in [3.8, 4) is 0 Å². The van der Waals surface area contributed by atoms with Crippen molar-refractivity contribution >= 4 is 46.9 Å². The molecule has 16 heteroatoms. The average molecular weight is 1070 g/mol. The van der Waals surface area contributed by atoms with E-state index in [2.05, 4.69) is 61.8 Å². The number of ketones is 1. The van der Waals surface area contributed by atoms with Crippen LogP contribution in [-0.2, 0) is 52.9 Å². The summed E-state index contributed by atoms with van der Waals surface area (Å²) in [4.78, 5) is 101. The van der Waals surface area contributed by atoms with Gasteiger partial charge in [0.2, 0.25) is 35.4 Å². The third kappa shape index (κ3) is 16.1. The summed E-state index contributed by atoms with van der Waals surface area (Å²) in [6.07, 6.45) is 14.1. The van der Waals surface area contributed by atoms with Crippen molar-refractivity contribution in [1.82, 2.24) is 42.1 Å². The first-order chi connectivity index (χ1) is 36.9. The van der Waals surface area contributed by atoms with Crippen LogP contribution in [0.3, 0.4) is 0 Å². The van der Waals surface area contributed by atoms with Crippen molar-refractivity contribution < 1.29 is 33.6 Å². The number of carbonyl (C=O) groups is 7. The van der Waals surface area contributed by atoms with Gasteiger partial charge in [0.05, 0.1) is 18.1 Å². The number of nitrogens with zero attached hydrogens (tertiary/aromatic N) is 1. The second-order valence-corrected chi connectivity index (χ2v) is 24.3. The summed E-state index contributed by atoms with van der Waals surface area (Å²) >= 11 is 0. The minimum absolute atomic E-state index is 0.0510. The van der Waals surface area contributed by atoms with Gasteiger partial charge >= 0.3 is 0 Å². The van der Waals surface area contributed by atoms with Gasteiger partial charge in [-0.15, -0.1) is 0 Å². The lowest BCUT2D eigenvalue weighted by Gasteiger charge is -2.42. The van der Waals surface area contributed by atoms with Gasteiger partial charge in [-0.3, -0.25) is 33.6 Å². The molecule has 0 bridgehead atoms. The maximum atomic E-state index is 14.9. The van der Waals surface area contributed by atoms with Gasteiger partial charge in [-0.2, -0.15) is 0 Å². The van der Waals surface area contributed by atoms with Gasteiger partial charge in [0.15, 0.2) is 5.78 Å². The number of carbonyl (C=O) groups excluding carboxylic acids is 7. The van der Waals surface area contributed by atoms with Crippen LogP contribution in [0.2, 0.25) is 0 Å². The largest absolute Gasteiger partial charge is 0.377 e. The van der Waals surface area contributed by atoms with Crippen LogP contribution < -0.4 is 42.5 Å². The number of likely N-dealkylation sites (N-methyl/N-ethyl adjacent to an activating group) is 2. The standard InChI is InChI=1S/C62H89N9O7/c1-37-20-14-13-15-24-44(25-18-21-37)68-58(76)49-35-46(34-48(49)54(74)55(61(5,6)7)65-39(3)38(2)63-11)67-53(73)31-30-52(72)66-45-29-28-42-33-51(59(77)69-50-27-19-23-41-22-16-17-26-47(41)50)71(36-43(42)32-45)60(78)56(62(8,9)10)70-57(75)40(4)64-12/h13-17,20,22,26,28-29,32,38,40,44,46,48-51,55-56,63-65H,1,3,18-19,21,23-25,27,30-31,33-36H2,2,4-12H3,(H,66,72)(H,67,73)(H,68,76)(H,69,77)(H,70,75)/b15-13-,20-14-/t38-,40-,44-,46+,48?,49+,50+,51-,55+,56+/m0/s1. The normalized spacial score (nSPS) is 23.8. The monoisotopic (exact) mass is 1070 g/mol. The van der Waals surface area contributed by atoms with Crippen LogP contribution >= 0.6 is 0 Å².